The molecule has 1 aromatic carbocycles. The Balaban J connectivity index is 1.96. The highest BCUT2D eigenvalue weighted by Crippen LogP contribution is 2.23. The van der Waals surface area contributed by atoms with Gasteiger partial charge in [0.25, 0.3) is 0 Å². The fraction of sp³-hybridized carbons (Fsp3) is 0.231. The van der Waals surface area contributed by atoms with Crippen molar-refractivity contribution in [1.29, 1.82) is 0 Å². The highest BCUT2D eigenvalue weighted by Gasteiger charge is 2.08. The summed E-state index contributed by atoms with van der Waals surface area (Å²) >= 11 is 11.6. The van der Waals surface area contributed by atoms with Gasteiger partial charge >= 0.3 is 0 Å². The number of halogens is 1. The Labute approximate surface area is 120 Å². The van der Waals surface area contributed by atoms with Crippen LogP contribution in [0.3, 0.4) is 0 Å². The molecule has 0 bridgehead atoms. The van der Waals surface area contributed by atoms with Crippen molar-refractivity contribution < 1.29 is 0 Å². The summed E-state index contributed by atoms with van der Waals surface area (Å²) in [6.07, 6.45) is 4.76. The number of fused-ring (bicyclic) bond motifs is 1. The highest BCUT2D eigenvalue weighted by molar-refractivity contribution is 7.71. The van der Waals surface area contributed by atoms with E-state index in [0.29, 0.717) is 4.77 Å². The molecule has 0 saturated carbocycles. The Bertz CT molecular complexity index is 783. The van der Waals surface area contributed by atoms with Crippen LogP contribution in [0.25, 0.3) is 11.0 Å². The molecule has 0 aliphatic rings. The van der Waals surface area contributed by atoms with E-state index in [2.05, 4.69) is 10.1 Å². The van der Waals surface area contributed by atoms with Crippen LogP contribution in [-0.4, -0.2) is 19.3 Å². The number of H-pyrrole nitrogens is 1. The van der Waals surface area contributed by atoms with Gasteiger partial charge in [-0.2, -0.15) is 5.10 Å². The van der Waals surface area contributed by atoms with Crippen molar-refractivity contribution >= 4 is 34.9 Å². The van der Waals surface area contributed by atoms with E-state index < -0.39 is 0 Å². The predicted octanol–water partition coefficient (Wildman–Crippen LogP) is 3.33. The first-order valence-corrected chi connectivity index (χ1v) is 6.78. The van der Waals surface area contributed by atoms with E-state index in [1.807, 2.05) is 42.2 Å². The summed E-state index contributed by atoms with van der Waals surface area (Å²) in [4.78, 5) is 3.18. The smallest absolute Gasteiger partial charge is 0.178 e. The molecule has 3 aromatic rings. The molecule has 98 valence electrons. The zero-order valence-corrected chi connectivity index (χ0v) is 12.0. The van der Waals surface area contributed by atoms with Crippen molar-refractivity contribution in [3.63, 3.8) is 0 Å². The molecular formula is C13H13ClN4S. The quantitative estimate of drug-likeness (QED) is 0.752. The van der Waals surface area contributed by atoms with Gasteiger partial charge in [0.1, 0.15) is 0 Å². The van der Waals surface area contributed by atoms with E-state index in [0.717, 1.165) is 29.0 Å². The Morgan fingerprint density at radius 1 is 1.42 bits per heavy atom. The van der Waals surface area contributed by atoms with Crippen molar-refractivity contribution in [1.82, 2.24) is 19.3 Å². The number of nitrogens with one attached hydrogen (secondary N) is 1. The summed E-state index contributed by atoms with van der Waals surface area (Å²) in [7, 11) is 1.91. The molecule has 4 nitrogen and oxygen atoms in total. The van der Waals surface area contributed by atoms with E-state index in [4.69, 9.17) is 23.8 Å². The summed E-state index contributed by atoms with van der Waals surface area (Å²) in [5, 5.41) is 4.88. The number of aryl methyl sites for hydroxylation is 3. The first kappa shape index (κ1) is 12.4. The number of hydrogen-bond acceptors (Lipinski definition) is 2. The molecule has 0 aliphatic heterocycles. The molecule has 0 unspecified atom stereocenters. The number of nitrogens with zero attached hydrogens (tertiary/aromatic N) is 3. The molecule has 0 saturated heterocycles. The topological polar surface area (TPSA) is 38.5 Å². The number of para-hydroxylation sites is 1. The number of aromatic amines is 1. The summed E-state index contributed by atoms with van der Waals surface area (Å²) < 4.78 is 4.54. The molecular weight excluding hydrogens is 280 g/mol. The number of hydrogen-bond donors (Lipinski definition) is 1. The average Bonchev–Trinajstić information content (AvgIpc) is 2.91. The van der Waals surface area contributed by atoms with Gasteiger partial charge in [-0.1, -0.05) is 17.7 Å². The minimum atomic E-state index is 0.701. The van der Waals surface area contributed by atoms with Gasteiger partial charge in [-0.05, 0) is 36.3 Å². The van der Waals surface area contributed by atoms with Gasteiger partial charge in [-0.15, -0.1) is 0 Å². The predicted molar refractivity (Wildman–Crippen MR) is 79.0 cm³/mol. The molecule has 0 aliphatic carbocycles. The average molecular weight is 293 g/mol. The number of aromatic nitrogens is 4. The molecule has 0 fully saturated rings. The van der Waals surface area contributed by atoms with Gasteiger partial charge in [-0.3, -0.25) is 4.68 Å². The number of imidazole rings is 1. The molecule has 2 heterocycles. The van der Waals surface area contributed by atoms with E-state index in [-0.39, 0.29) is 0 Å². The van der Waals surface area contributed by atoms with Gasteiger partial charge < -0.3 is 9.55 Å². The lowest BCUT2D eigenvalue weighted by Gasteiger charge is -2.04. The largest absolute Gasteiger partial charge is 0.331 e. The number of rotatable bonds is 3. The third kappa shape index (κ3) is 2.31. The van der Waals surface area contributed by atoms with Crippen LogP contribution in [0, 0.1) is 4.77 Å². The van der Waals surface area contributed by atoms with Crippen LogP contribution in [-0.2, 0) is 20.0 Å². The zero-order chi connectivity index (χ0) is 13.4. The maximum absolute atomic E-state index is 6.26. The summed E-state index contributed by atoms with van der Waals surface area (Å²) in [5.74, 6) is 0. The van der Waals surface area contributed by atoms with Gasteiger partial charge in [0.2, 0.25) is 0 Å². The van der Waals surface area contributed by atoms with E-state index in [9.17, 15) is 0 Å². The third-order valence-electron chi connectivity index (χ3n) is 3.13. The molecule has 6 heteroatoms. The number of benzene rings is 1. The van der Waals surface area contributed by atoms with Crippen LogP contribution in [0.5, 0.6) is 0 Å². The van der Waals surface area contributed by atoms with Crippen LogP contribution in [0.4, 0.5) is 0 Å². The molecule has 19 heavy (non-hydrogen) atoms. The second kappa shape index (κ2) is 4.83. The van der Waals surface area contributed by atoms with Crippen LogP contribution in [0.1, 0.15) is 5.56 Å². The molecule has 0 radical (unpaired) electrons. The Morgan fingerprint density at radius 2 is 2.26 bits per heavy atom. The Morgan fingerprint density at radius 3 is 3.00 bits per heavy atom. The lowest BCUT2D eigenvalue weighted by Crippen LogP contribution is -2.01. The first-order chi connectivity index (χ1) is 9.15. The van der Waals surface area contributed by atoms with Crippen LogP contribution in [0.2, 0.25) is 5.02 Å². The van der Waals surface area contributed by atoms with Crippen molar-refractivity contribution in [3.05, 3.63) is 45.9 Å². The normalized spacial score (nSPS) is 11.3. The van der Waals surface area contributed by atoms with Crippen LogP contribution < -0.4 is 0 Å². The molecule has 0 atom stereocenters. The lowest BCUT2D eigenvalue weighted by molar-refractivity contribution is 0.705. The van der Waals surface area contributed by atoms with Gasteiger partial charge in [0.05, 0.1) is 22.3 Å². The molecule has 0 amide bonds. The maximum atomic E-state index is 6.26. The zero-order valence-electron chi connectivity index (χ0n) is 10.4. The van der Waals surface area contributed by atoms with Crippen molar-refractivity contribution in [3.8, 4) is 0 Å². The third-order valence-corrected chi connectivity index (χ3v) is 3.75. The molecule has 3 rings (SSSR count). The monoisotopic (exact) mass is 292 g/mol. The molecule has 2 aromatic heterocycles. The van der Waals surface area contributed by atoms with Crippen molar-refractivity contribution in [2.24, 2.45) is 7.05 Å². The first-order valence-electron chi connectivity index (χ1n) is 6.00. The molecule has 1 N–H and O–H groups in total. The molecule has 0 spiro atoms. The highest BCUT2D eigenvalue weighted by atomic mass is 35.5. The maximum Gasteiger partial charge on any atom is 0.178 e. The minimum absolute atomic E-state index is 0.701. The van der Waals surface area contributed by atoms with Crippen molar-refractivity contribution in [2.75, 3.05) is 0 Å². The second-order valence-corrected chi connectivity index (χ2v) is 5.28. The minimum Gasteiger partial charge on any atom is -0.331 e. The lowest BCUT2D eigenvalue weighted by atomic mass is 10.2. The van der Waals surface area contributed by atoms with E-state index >= 15 is 0 Å². The van der Waals surface area contributed by atoms with Crippen LogP contribution in [0.15, 0.2) is 30.6 Å². The summed E-state index contributed by atoms with van der Waals surface area (Å²) in [6.45, 7) is 0.786. The fourth-order valence-electron chi connectivity index (χ4n) is 2.23. The fourth-order valence-corrected chi connectivity index (χ4v) is 2.80. The Kier molecular flexibility index (Phi) is 3.16. The summed E-state index contributed by atoms with van der Waals surface area (Å²) in [6, 6.07) is 5.78. The van der Waals surface area contributed by atoms with Crippen molar-refractivity contribution in [2.45, 2.75) is 13.0 Å². The van der Waals surface area contributed by atoms with E-state index in [1.165, 1.54) is 5.56 Å². The van der Waals surface area contributed by atoms with Gasteiger partial charge in [0, 0.05) is 19.8 Å². The summed E-state index contributed by atoms with van der Waals surface area (Å²) in [5.41, 5.74) is 3.13. The van der Waals surface area contributed by atoms with E-state index in [1.54, 1.807) is 4.68 Å². The Hall–Kier alpha value is -1.59. The standard InChI is InChI=1S/C13H13ClN4S/c1-17-8-9(7-15-17)5-6-18-12-10(14)3-2-4-11(12)16-13(18)19/h2-4,7-8H,5-6H2,1H3,(H,16,19). The SMILES string of the molecule is Cn1cc(CCn2c(=S)[nH]c3cccc(Cl)c32)cn1. The van der Waals surface area contributed by atoms with Gasteiger partial charge in [-0.25, -0.2) is 0 Å². The van der Waals surface area contributed by atoms with Crippen LogP contribution >= 0.6 is 23.8 Å². The van der Waals surface area contributed by atoms with Gasteiger partial charge in [0.15, 0.2) is 4.77 Å². The second-order valence-electron chi connectivity index (χ2n) is 4.49.